The highest BCUT2D eigenvalue weighted by Gasteiger charge is 2.25. The molecule has 0 atom stereocenters. The summed E-state index contributed by atoms with van der Waals surface area (Å²) >= 11 is 0. The van der Waals surface area contributed by atoms with Crippen LogP contribution in [0.2, 0.25) is 0 Å². The van der Waals surface area contributed by atoms with Gasteiger partial charge < -0.3 is 18.9 Å². The Hall–Kier alpha value is -2.67. The molecule has 0 unspecified atom stereocenters. The number of nitrogens with zero attached hydrogens (tertiary/aromatic N) is 5. The van der Waals surface area contributed by atoms with Gasteiger partial charge in [0.25, 0.3) is 0 Å². The topological polar surface area (TPSA) is 65.3 Å². The zero-order valence-electron chi connectivity index (χ0n) is 20.8. The van der Waals surface area contributed by atoms with Crippen molar-refractivity contribution in [3.63, 3.8) is 0 Å². The van der Waals surface area contributed by atoms with Gasteiger partial charge in [-0.3, -0.25) is 4.98 Å². The van der Waals surface area contributed by atoms with Gasteiger partial charge in [0.05, 0.1) is 30.4 Å². The van der Waals surface area contributed by atoms with Gasteiger partial charge in [0.1, 0.15) is 11.9 Å². The Morgan fingerprint density at radius 2 is 1.73 bits per heavy atom. The second-order valence-corrected chi connectivity index (χ2v) is 8.02. The maximum absolute atomic E-state index is 6.49. The molecular formula is C26H39N5O2. The Bertz CT molecular complexity index is 962. The fourth-order valence-corrected chi connectivity index (χ4v) is 4.33. The summed E-state index contributed by atoms with van der Waals surface area (Å²) in [6.07, 6.45) is 12.2. The molecule has 1 aliphatic heterocycles. The van der Waals surface area contributed by atoms with E-state index in [4.69, 9.17) is 14.5 Å². The van der Waals surface area contributed by atoms with Crippen molar-refractivity contribution >= 4 is 16.7 Å². The molecule has 1 saturated carbocycles. The van der Waals surface area contributed by atoms with Gasteiger partial charge in [0.2, 0.25) is 5.88 Å². The number of fused-ring (bicyclic) bond motifs is 1. The van der Waals surface area contributed by atoms with Gasteiger partial charge in [-0.1, -0.05) is 27.7 Å². The average Bonchev–Trinajstić information content (AvgIpc) is 3.43. The summed E-state index contributed by atoms with van der Waals surface area (Å²) in [6, 6.07) is 4.72. The van der Waals surface area contributed by atoms with Gasteiger partial charge >= 0.3 is 0 Å². The molecule has 0 spiro atoms. The number of anilines is 1. The van der Waals surface area contributed by atoms with Crippen LogP contribution >= 0.6 is 0 Å². The maximum atomic E-state index is 6.49. The van der Waals surface area contributed by atoms with Crippen molar-refractivity contribution in [3.8, 4) is 5.88 Å². The molecule has 1 saturated heterocycles. The minimum Gasteiger partial charge on any atom is -0.474 e. The quantitative estimate of drug-likeness (QED) is 0.513. The van der Waals surface area contributed by atoms with E-state index < -0.39 is 0 Å². The van der Waals surface area contributed by atoms with Crippen molar-refractivity contribution in [2.24, 2.45) is 0 Å². The lowest BCUT2D eigenvalue weighted by Gasteiger charge is -2.31. The van der Waals surface area contributed by atoms with Crippen molar-refractivity contribution in [1.82, 2.24) is 19.5 Å². The molecule has 3 aromatic heterocycles. The van der Waals surface area contributed by atoms with Crippen molar-refractivity contribution in [2.75, 3.05) is 31.2 Å². The van der Waals surface area contributed by atoms with E-state index in [-0.39, 0.29) is 6.10 Å². The molecule has 5 rings (SSSR count). The van der Waals surface area contributed by atoms with Crippen LogP contribution in [0.3, 0.4) is 0 Å². The van der Waals surface area contributed by atoms with Crippen molar-refractivity contribution < 1.29 is 9.47 Å². The largest absolute Gasteiger partial charge is 0.474 e. The first kappa shape index (κ1) is 25.0. The molecule has 0 amide bonds. The predicted octanol–water partition coefficient (Wildman–Crippen LogP) is 5.59. The second kappa shape index (κ2) is 12.5. The first-order chi connectivity index (χ1) is 16.3. The Balaban J connectivity index is 0.000000728. The van der Waals surface area contributed by atoms with E-state index in [1.54, 1.807) is 0 Å². The molecule has 7 nitrogen and oxygen atoms in total. The number of imidazole rings is 1. The standard InChI is InChI=1S/C22H27N5O2.2C2H6/c1-16-12-19-20(24-14-16)13-21(26-8-10-28-11-9-26)25-22(19)29-18-4-2-17(3-5-18)27-7-6-23-15-27;2*1-2/h6-7,12-15,17-18H,2-5,8-11H2,1H3;2*1-2H3. The predicted molar refractivity (Wildman–Crippen MR) is 134 cm³/mol. The minimum absolute atomic E-state index is 0.186. The lowest BCUT2D eigenvalue weighted by Crippen LogP contribution is -2.36. The van der Waals surface area contributed by atoms with Gasteiger partial charge in [0, 0.05) is 43.8 Å². The third kappa shape index (κ3) is 6.22. The summed E-state index contributed by atoms with van der Waals surface area (Å²) in [5.41, 5.74) is 2.06. The zero-order valence-corrected chi connectivity index (χ0v) is 20.8. The summed E-state index contributed by atoms with van der Waals surface area (Å²) in [5.74, 6) is 1.64. The monoisotopic (exact) mass is 453 g/mol. The fraction of sp³-hybridized carbons (Fsp3) is 0.577. The van der Waals surface area contributed by atoms with Gasteiger partial charge in [0.15, 0.2) is 0 Å². The van der Waals surface area contributed by atoms with Gasteiger partial charge in [-0.25, -0.2) is 4.98 Å². The van der Waals surface area contributed by atoms with Crippen LogP contribution in [0, 0.1) is 6.92 Å². The Morgan fingerprint density at radius 3 is 2.39 bits per heavy atom. The van der Waals surface area contributed by atoms with E-state index in [0.29, 0.717) is 11.9 Å². The summed E-state index contributed by atoms with van der Waals surface area (Å²) in [4.78, 5) is 16.0. The zero-order chi connectivity index (χ0) is 23.6. The number of hydrogen-bond donors (Lipinski definition) is 0. The summed E-state index contributed by atoms with van der Waals surface area (Å²) in [7, 11) is 0. The molecule has 4 heterocycles. The smallest absolute Gasteiger partial charge is 0.225 e. The number of hydrogen-bond acceptors (Lipinski definition) is 6. The minimum atomic E-state index is 0.186. The van der Waals surface area contributed by atoms with Crippen LogP contribution in [-0.4, -0.2) is 51.9 Å². The molecule has 7 heteroatoms. The molecule has 0 bridgehead atoms. The number of aromatic nitrogens is 4. The first-order valence-corrected chi connectivity index (χ1v) is 12.5. The van der Waals surface area contributed by atoms with Gasteiger partial charge in [-0.15, -0.1) is 0 Å². The average molecular weight is 454 g/mol. The second-order valence-electron chi connectivity index (χ2n) is 8.02. The van der Waals surface area contributed by atoms with Gasteiger partial charge in [-0.2, -0.15) is 4.98 Å². The molecule has 0 N–H and O–H groups in total. The van der Waals surface area contributed by atoms with E-state index in [1.807, 2.05) is 46.4 Å². The molecule has 2 fully saturated rings. The van der Waals surface area contributed by atoms with Crippen LogP contribution in [0.4, 0.5) is 5.82 Å². The third-order valence-corrected chi connectivity index (χ3v) is 5.97. The van der Waals surface area contributed by atoms with Crippen LogP contribution in [0.15, 0.2) is 37.1 Å². The Morgan fingerprint density at radius 1 is 1.00 bits per heavy atom. The molecule has 180 valence electrons. The summed E-state index contributed by atoms with van der Waals surface area (Å²) < 4.78 is 14.2. The lowest BCUT2D eigenvalue weighted by atomic mass is 9.93. The number of morpholine rings is 1. The van der Waals surface area contributed by atoms with Crippen molar-refractivity contribution in [2.45, 2.75) is 72.4 Å². The van der Waals surface area contributed by atoms with E-state index in [0.717, 1.165) is 74.3 Å². The maximum Gasteiger partial charge on any atom is 0.225 e. The summed E-state index contributed by atoms with van der Waals surface area (Å²) in [6.45, 7) is 13.2. The number of ether oxygens (including phenoxy) is 2. The molecule has 33 heavy (non-hydrogen) atoms. The number of aryl methyl sites for hydroxylation is 1. The van der Waals surface area contributed by atoms with E-state index in [1.165, 1.54) is 0 Å². The number of pyridine rings is 2. The van der Waals surface area contributed by atoms with Crippen LogP contribution in [0.5, 0.6) is 5.88 Å². The third-order valence-electron chi connectivity index (χ3n) is 5.97. The first-order valence-electron chi connectivity index (χ1n) is 12.5. The van der Waals surface area contributed by atoms with Crippen molar-refractivity contribution in [1.29, 1.82) is 0 Å². The summed E-state index contributed by atoms with van der Waals surface area (Å²) in [5, 5.41) is 0.999. The highest BCUT2D eigenvalue weighted by atomic mass is 16.5. The van der Waals surface area contributed by atoms with Crippen LogP contribution < -0.4 is 9.64 Å². The Kier molecular flexibility index (Phi) is 9.48. The number of rotatable bonds is 4. The van der Waals surface area contributed by atoms with Gasteiger partial charge in [-0.05, 0) is 44.2 Å². The van der Waals surface area contributed by atoms with Crippen molar-refractivity contribution in [3.05, 3.63) is 42.6 Å². The molecule has 0 radical (unpaired) electrons. The highest BCUT2D eigenvalue weighted by molar-refractivity contribution is 5.86. The molecule has 0 aromatic carbocycles. The fourth-order valence-electron chi connectivity index (χ4n) is 4.33. The van der Waals surface area contributed by atoms with Crippen LogP contribution in [-0.2, 0) is 4.74 Å². The SMILES string of the molecule is CC.CC.Cc1cnc2cc(N3CCOCC3)nc(OC3CCC(n4ccnc4)CC3)c2c1. The van der Waals surface area contributed by atoms with E-state index in [9.17, 15) is 0 Å². The molecule has 2 aliphatic rings. The van der Waals surface area contributed by atoms with Crippen LogP contribution in [0.1, 0.15) is 65.0 Å². The molecular weight excluding hydrogens is 414 g/mol. The normalized spacial score (nSPS) is 20.3. The van der Waals surface area contributed by atoms with E-state index >= 15 is 0 Å². The Labute approximate surface area is 198 Å². The van der Waals surface area contributed by atoms with E-state index in [2.05, 4.69) is 44.7 Å². The molecule has 3 aromatic rings. The van der Waals surface area contributed by atoms with Crippen LogP contribution in [0.25, 0.3) is 10.9 Å². The molecule has 1 aliphatic carbocycles. The highest BCUT2D eigenvalue weighted by Crippen LogP contribution is 2.34. The lowest BCUT2D eigenvalue weighted by molar-refractivity contribution is 0.121.